The van der Waals surface area contributed by atoms with Gasteiger partial charge in [-0.2, -0.15) is 0 Å². The highest BCUT2D eigenvalue weighted by Gasteiger charge is 2.55. The summed E-state index contributed by atoms with van der Waals surface area (Å²) in [5, 5.41) is 9.17. The number of hydrogen-bond acceptors (Lipinski definition) is 5. The molecule has 1 spiro atoms. The molecule has 1 N–H and O–H groups in total. The molecular weight excluding hydrogens is 420 g/mol. The van der Waals surface area contributed by atoms with Gasteiger partial charge in [-0.05, 0) is 79.3 Å². The van der Waals surface area contributed by atoms with Gasteiger partial charge in [0.05, 0.1) is 5.56 Å². The molecule has 6 rings (SSSR count). The number of nitrogens with zero attached hydrogens (tertiary/aromatic N) is 2. The lowest BCUT2D eigenvalue weighted by Crippen LogP contribution is -2.44. The van der Waals surface area contributed by atoms with E-state index < -0.39 is 5.97 Å². The SMILES string of the molecule is O=C(O)c1ccc2oc(-c3ccc([C@@H]4CC45CCN(C(=O)C4CCCO4)CC5)cc3)nc2c1. The van der Waals surface area contributed by atoms with Crippen molar-refractivity contribution in [3.63, 3.8) is 0 Å². The van der Waals surface area contributed by atoms with E-state index in [2.05, 4.69) is 17.1 Å². The molecular formula is C26H26N2O5. The fraction of sp³-hybridized carbons (Fsp3) is 0.423. The van der Waals surface area contributed by atoms with Crippen LogP contribution in [0.15, 0.2) is 46.9 Å². The van der Waals surface area contributed by atoms with Crippen molar-refractivity contribution in [3.8, 4) is 11.5 Å². The Morgan fingerprint density at radius 2 is 1.88 bits per heavy atom. The standard InChI is InChI=1S/C26H26N2O5/c29-24(22-2-1-13-32-22)28-11-9-26(10-12-28)15-19(26)16-3-5-17(6-4-16)23-27-20-14-18(25(30)31)7-8-21(20)33-23/h3-8,14,19,22H,1-2,9-13,15H2,(H,30,31)/t19-,22?/m0/s1. The van der Waals surface area contributed by atoms with E-state index in [-0.39, 0.29) is 17.6 Å². The van der Waals surface area contributed by atoms with Gasteiger partial charge in [-0.1, -0.05) is 12.1 Å². The molecule has 3 aliphatic rings. The first-order valence-corrected chi connectivity index (χ1v) is 11.7. The van der Waals surface area contributed by atoms with Crippen LogP contribution in [0.25, 0.3) is 22.6 Å². The van der Waals surface area contributed by atoms with Gasteiger partial charge in [-0.3, -0.25) is 4.79 Å². The molecule has 1 aliphatic carbocycles. The maximum absolute atomic E-state index is 12.6. The van der Waals surface area contributed by atoms with Crippen LogP contribution in [0.1, 0.15) is 53.9 Å². The van der Waals surface area contributed by atoms with Crippen molar-refractivity contribution < 1.29 is 23.8 Å². The number of benzene rings is 2. The molecule has 3 fully saturated rings. The van der Waals surface area contributed by atoms with Gasteiger partial charge in [0, 0.05) is 25.3 Å². The lowest BCUT2D eigenvalue weighted by atomic mass is 9.88. The first kappa shape index (κ1) is 20.4. The molecule has 1 amide bonds. The number of ether oxygens (including phenoxy) is 1. The van der Waals surface area contributed by atoms with Crippen LogP contribution in [0.5, 0.6) is 0 Å². The van der Waals surface area contributed by atoms with Gasteiger partial charge in [0.1, 0.15) is 11.6 Å². The van der Waals surface area contributed by atoms with Gasteiger partial charge in [0.25, 0.3) is 5.91 Å². The summed E-state index contributed by atoms with van der Waals surface area (Å²) >= 11 is 0. The Bertz CT molecular complexity index is 1220. The quantitative estimate of drug-likeness (QED) is 0.636. The number of hydrogen-bond donors (Lipinski definition) is 1. The fourth-order valence-electron chi connectivity index (χ4n) is 5.56. The van der Waals surface area contributed by atoms with Crippen molar-refractivity contribution >= 4 is 23.0 Å². The van der Waals surface area contributed by atoms with Crippen molar-refractivity contribution in [1.82, 2.24) is 9.88 Å². The van der Waals surface area contributed by atoms with Gasteiger partial charge >= 0.3 is 5.97 Å². The molecule has 33 heavy (non-hydrogen) atoms. The van der Waals surface area contributed by atoms with Crippen molar-refractivity contribution in [1.29, 1.82) is 0 Å². The summed E-state index contributed by atoms with van der Waals surface area (Å²) in [7, 11) is 0. The van der Waals surface area contributed by atoms with E-state index in [1.807, 2.05) is 17.0 Å². The largest absolute Gasteiger partial charge is 0.478 e. The Balaban J connectivity index is 1.12. The van der Waals surface area contributed by atoms with E-state index in [1.165, 1.54) is 24.1 Å². The molecule has 7 nitrogen and oxygen atoms in total. The molecule has 170 valence electrons. The molecule has 2 saturated heterocycles. The number of carboxylic acids is 1. The highest BCUT2D eigenvalue weighted by molar-refractivity contribution is 5.92. The third-order valence-corrected chi connectivity index (χ3v) is 7.66. The molecule has 3 aromatic rings. The van der Waals surface area contributed by atoms with Crippen LogP contribution in [-0.4, -0.2) is 52.7 Å². The maximum Gasteiger partial charge on any atom is 0.335 e. The van der Waals surface area contributed by atoms with Crippen molar-refractivity contribution in [2.45, 2.75) is 44.1 Å². The monoisotopic (exact) mass is 446 g/mol. The maximum atomic E-state index is 12.6. The van der Waals surface area contributed by atoms with Crippen molar-refractivity contribution in [3.05, 3.63) is 53.6 Å². The number of amides is 1. The Morgan fingerprint density at radius 1 is 1.09 bits per heavy atom. The minimum absolute atomic E-state index is 0.178. The molecule has 1 aromatic heterocycles. The normalized spacial score (nSPS) is 23.8. The second-order valence-electron chi connectivity index (χ2n) is 9.57. The van der Waals surface area contributed by atoms with Crippen LogP contribution >= 0.6 is 0 Å². The number of carboxylic acid groups (broad SMARTS) is 1. The summed E-state index contributed by atoms with van der Waals surface area (Å²) < 4.78 is 11.4. The van der Waals surface area contributed by atoms with Crippen molar-refractivity contribution in [2.24, 2.45) is 5.41 Å². The summed E-state index contributed by atoms with van der Waals surface area (Å²) in [4.78, 5) is 30.3. The van der Waals surface area contributed by atoms with E-state index in [0.29, 0.717) is 34.9 Å². The second-order valence-corrected chi connectivity index (χ2v) is 9.57. The number of oxazole rings is 1. The Labute approximate surface area is 191 Å². The van der Waals surface area contributed by atoms with E-state index in [0.717, 1.165) is 44.3 Å². The third-order valence-electron chi connectivity index (χ3n) is 7.66. The first-order valence-electron chi connectivity index (χ1n) is 11.7. The van der Waals surface area contributed by atoms with Gasteiger partial charge in [-0.25, -0.2) is 9.78 Å². The Hall–Kier alpha value is -3.19. The fourth-order valence-corrected chi connectivity index (χ4v) is 5.56. The number of likely N-dealkylation sites (tertiary alicyclic amines) is 1. The topological polar surface area (TPSA) is 92.9 Å². The van der Waals surface area contributed by atoms with E-state index >= 15 is 0 Å². The minimum Gasteiger partial charge on any atom is -0.478 e. The van der Waals surface area contributed by atoms with Crippen LogP contribution in [0.4, 0.5) is 0 Å². The van der Waals surface area contributed by atoms with Crippen molar-refractivity contribution in [2.75, 3.05) is 19.7 Å². The Morgan fingerprint density at radius 3 is 2.58 bits per heavy atom. The van der Waals surface area contributed by atoms with Crippen LogP contribution in [-0.2, 0) is 9.53 Å². The zero-order chi connectivity index (χ0) is 22.6. The number of fused-ring (bicyclic) bond motifs is 1. The summed E-state index contributed by atoms with van der Waals surface area (Å²) in [6.45, 7) is 2.36. The Kier molecular flexibility index (Phi) is 4.76. The van der Waals surface area contributed by atoms with Crippen LogP contribution in [0, 0.1) is 5.41 Å². The number of carbonyl (C=O) groups excluding carboxylic acids is 1. The molecule has 2 aliphatic heterocycles. The predicted molar refractivity (Wildman–Crippen MR) is 121 cm³/mol. The molecule has 0 bridgehead atoms. The summed E-state index contributed by atoms with van der Waals surface area (Å²) in [5.41, 5.74) is 3.82. The van der Waals surface area contributed by atoms with Crippen LogP contribution in [0.3, 0.4) is 0 Å². The van der Waals surface area contributed by atoms with E-state index in [9.17, 15) is 9.59 Å². The highest BCUT2D eigenvalue weighted by Crippen LogP contribution is 2.65. The van der Waals surface area contributed by atoms with Crippen LogP contribution < -0.4 is 0 Å². The zero-order valence-corrected chi connectivity index (χ0v) is 18.3. The zero-order valence-electron chi connectivity index (χ0n) is 18.3. The average Bonchev–Trinajstić information content (AvgIpc) is 3.21. The minimum atomic E-state index is -0.980. The molecule has 2 atom stereocenters. The summed E-state index contributed by atoms with van der Waals surface area (Å²) in [5.74, 6) is 0.225. The summed E-state index contributed by atoms with van der Waals surface area (Å²) in [6.07, 6.45) is 4.90. The average molecular weight is 447 g/mol. The van der Waals surface area contributed by atoms with Gasteiger partial charge in [0.2, 0.25) is 5.89 Å². The smallest absolute Gasteiger partial charge is 0.335 e. The predicted octanol–water partition coefficient (Wildman–Crippen LogP) is 4.47. The first-order chi connectivity index (χ1) is 16.0. The third kappa shape index (κ3) is 3.60. The van der Waals surface area contributed by atoms with Gasteiger partial charge < -0.3 is 19.2 Å². The number of piperidine rings is 1. The van der Waals surface area contributed by atoms with E-state index in [1.54, 1.807) is 6.07 Å². The lowest BCUT2D eigenvalue weighted by molar-refractivity contribution is -0.142. The number of rotatable bonds is 4. The number of aromatic nitrogens is 1. The molecule has 7 heteroatoms. The molecule has 3 heterocycles. The van der Waals surface area contributed by atoms with Gasteiger partial charge in [0.15, 0.2) is 5.58 Å². The summed E-state index contributed by atoms with van der Waals surface area (Å²) in [6, 6.07) is 13.1. The van der Waals surface area contributed by atoms with Gasteiger partial charge in [-0.15, -0.1) is 0 Å². The molecule has 2 aromatic carbocycles. The number of carbonyl (C=O) groups is 2. The van der Waals surface area contributed by atoms with Crippen LogP contribution in [0.2, 0.25) is 0 Å². The van der Waals surface area contributed by atoms with E-state index in [4.69, 9.17) is 14.3 Å². The molecule has 1 saturated carbocycles. The lowest BCUT2D eigenvalue weighted by Gasteiger charge is -2.34. The number of aromatic carboxylic acids is 1. The molecule has 1 unspecified atom stereocenters. The highest BCUT2D eigenvalue weighted by atomic mass is 16.5. The molecule has 0 radical (unpaired) electrons. The second kappa shape index (κ2) is 7.70.